The first-order valence-corrected chi connectivity index (χ1v) is 11.8. The van der Waals surface area contributed by atoms with E-state index < -0.39 is 14.8 Å². The first kappa shape index (κ1) is 18.7. The van der Waals surface area contributed by atoms with E-state index >= 15 is 0 Å². The third kappa shape index (κ3) is 3.06. The number of nitrogens with zero attached hydrogens (tertiary/aromatic N) is 4. The van der Waals surface area contributed by atoms with Crippen LogP contribution in [-0.2, 0) is 28.1 Å². The van der Waals surface area contributed by atoms with Gasteiger partial charge in [0.05, 0.1) is 10.7 Å². The van der Waals surface area contributed by atoms with Crippen LogP contribution < -0.4 is 0 Å². The largest absolute Gasteiger partial charge is 0.305 e. The Hall–Kier alpha value is -2.29. The van der Waals surface area contributed by atoms with E-state index in [1.807, 2.05) is 0 Å². The molecule has 4 fully saturated rings. The average molecular weight is 417 g/mol. The minimum absolute atomic E-state index is 0.0124. The van der Waals surface area contributed by atoms with E-state index in [-0.39, 0.29) is 22.0 Å². The van der Waals surface area contributed by atoms with Crippen molar-refractivity contribution in [1.29, 1.82) is 0 Å². The SMILES string of the molecule is Cn1c(C23CC4CC(CC(C4)C2)C3)nnc1S(=O)(=O)Cc1ccc([N+](=O)[O-])cc1. The van der Waals surface area contributed by atoms with Crippen molar-refractivity contribution >= 4 is 15.5 Å². The Bertz CT molecular complexity index is 1040. The van der Waals surface area contributed by atoms with E-state index in [4.69, 9.17) is 0 Å². The fraction of sp³-hybridized carbons (Fsp3) is 0.600. The molecule has 4 aliphatic carbocycles. The Balaban J connectivity index is 1.44. The molecule has 0 spiro atoms. The molecule has 4 saturated carbocycles. The lowest BCUT2D eigenvalue weighted by Crippen LogP contribution is -2.49. The van der Waals surface area contributed by atoms with E-state index in [0.717, 1.165) is 42.8 Å². The second-order valence-electron chi connectivity index (χ2n) is 9.25. The quantitative estimate of drug-likeness (QED) is 0.547. The number of hydrogen-bond acceptors (Lipinski definition) is 6. The van der Waals surface area contributed by atoms with Crippen molar-refractivity contribution in [2.75, 3.05) is 0 Å². The van der Waals surface area contributed by atoms with Crippen molar-refractivity contribution in [3.63, 3.8) is 0 Å². The summed E-state index contributed by atoms with van der Waals surface area (Å²) in [5.74, 6) is 2.77. The van der Waals surface area contributed by atoms with Crippen LogP contribution in [0.2, 0.25) is 0 Å². The van der Waals surface area contributed by atoms with Crippen LogP contribution >= 0.6 is 0 Å². The highest BCUT2D eigenvalue weighted by Gasteiger charge is 2.54. The van der Waals surface area contributed by atoms with Crippen molar-refractivity contribution in [3.8, 4) is 0 Å². The summed E-state index contributed by atoms with van der Waals surface area (Å²) in [7, 11) is -1.95. The Kier molecular flexibility index (Phi) is 4.10. The minimum Gasteiger partial charge on any atom is -0.305 e. The standard InChI is InChI=1S/C20H24N4O4S/c1-23-18(20-9-14-6-15(10-20)8-16(7-14)11-20)21-22-19(23)29(27,28)12-13-2-4-17(5-3-13)24(25)26/h2-5,14-16H,6-12H2,1H3. The molecular formula is C20H24N4O4S. The van der Waals surface area contributed by atoms with E-state index in [1.165, 1.54) is 43.5 Å². The predicted molar refractivity (Wildman–Crippen MR) is 105 cm³/mol. The molecule has 154 valence electrons. The van der Waals surface area contributed by atoms with Crippen LogP contribution in [0.3, 0.4) is 0 Å². The van der Waals surface area contributed by atoms with Gasteiger partial charge in [-0.15, -0.1) is 10.2 Å². The molecule has 2 aromatic rings. The Morgan fingerprint density at radius 1 is 1.07 bits per heavy atom. The number of nitro groups is 1. The lowest BCUT2D eigenvalue weighted by atomic mass is 9.49. The molecule has 4 bridgehead atoms. The molecule has 1 heterocycles. The molecule has 29 heavy (non-hydrogen) atoms. The molecule has 1 aromatic heterocycles. The fourth-order valence-electron chi connectivity index (χ4n) is 6.43. The molecule has 0 saturated heterocycles. The molecule has 8 nitrogen and oxygen atoms in total. The third-order valence-corrected chi connectivity index (χ3v) is 8.75. The number of nitro benzene ring substituents is 1. The molecule has 6 rings (SSSR count). The smallest absolute Gasteiger partial charge is 0.269 e. The zero-order valence-electron chi connectivity index (χ0n) is 16.3. The van der Waals surface area contributed by atoms with Gasteiger partial charge in [0.1, 0.15) is 5.82 Å². The normalized spacial score (nSPS) is 30.6. The Morgan fingerprint density at radius 3 is 2.14 bits per heavy atom. The van der Waals surface area contributed by atoms with Crippen molar-refractivity contribution in [1.82, 2.24) is 14.8 Å². The number of non-ortho nitro benzene ring substituents is 1. The van der Waals surface area contributed by atoms with Crippen molar-refractivity contribution in [2.24, 2.45) is 24.8 Å². The summed E-state index contributed by atoms with van der Waals surface area (Å²) in [5.41, 5.74) is 0.404. The number of hydrogen-bond donors (Lipinski definition) is 0. The van der Waals surface area contributed by atoms with Crippen LogP contribution in [0.1, 0.15) is 49.9 Å². The van der Waals surface area contributed by atoms with Gasteiger partial charge in [-0.25, -0.2) is 8.42 Å². The molecular weight excluding hydrogens is 392 g/mol. The van der Waals surface area contributed by atoms with Crippen LogP contribution in [0.4, 0.5) is 5.69 Å². The second kappa shape index (κ2) is 6.35. The predicted octanol–water partition coefficient (Wildman–Crippen LogP) is 3.17. The summed E-state index contributed by atoms with van der Waals surface area (Å²) in [5, 5.41) is 19.3. The maximum atomic E-state index is 13.0. The monoisotopic (exact) mass is 416 g/mol. The Labute approximate surface area is 169 Å². The number of aromatic nitrogens is 3. The summed E-state index contributed by atoms with van der Waals surface area (Å²) < 4.78 is 27.7. The van der Waals surface area contributed by atoms with Gasteiger partial charge >= 0.3 is 0 Å². The van der Waals surface area contributed by atoms with Gasteiger partial charge in [0.15, 0.2) is 0 Å². The van der Waals surface area contributed by atoms with Crippen LogP contribution in [0.15, 0.2) is 29.4 Å². The summed E-state index contributed by atoms with van der Waals surface area (Å²) in [6, 6.07) is 5.60. The van der Waals surface area contributed by atoms with Gasteiger partial charge in [-0.1, -0.05) is 12.1 Å². The van der Waals surface area contributed by atoms with Crippen molar-refractivity contribution in [2.45, 2.75) is 54.8 Å². The third-order valence-electron chi connectivity index (χ3n) is 7.13. The second-order valence-corrected chi connectivity index (χ2v) is 11.1. The van der Waals surface area contributed by atoms with Gasteiger partial charge in [-0.2, -0.15) is 0 Å². The summed E-state index contributed by atoms with van der Waals surface area (Å²) in [6.07, 6.45) is 7.20. The van der Waals surface area contributed by atoms with Gasteiger partial charge < -0.3 is 4.57 Å². The van der Waals surface area contributed by atoms with E-state index in [1.54, 1.807) is 11.6 Å². The molecule has 0 atom stereocenters. The topological polar surface area (TPSA) is 108 Å². The van der Waals surface area contributed by atoms with E-state index in [0.29, 0.717) is 5.56 Å². The van der Waals surface area contributed by atoms with Gasteiger partial charge in [0, 0.05) is 24.6 Å². The lowest BCUT2D eigenvalue weighted by Gasteiger charge is -2.56. The maximum absolute atomic E-state index is 13.0. The minimum atomic E-state index is -3.71. The van der Waals surface area contributed by atoms with E-state index in [2.05, 4.69) is 10.2 Å². The van der Waals surface area contributed by atoms with Gasteiger partial charge in [-0.05, 0) is 61.8 Å². The molecule has 0 radical (unpaired) electrons. The number of benzene rings is 1. The maximum Gasteiger partial charge on any atom is 0.269 e. The Morgan fingerprint density at radius 2 is 1.62 bits per heavy atom. The highest BCUT2D eigenvalue weighted by molar-refractivity contribution is 7.90. The highest BCUT2D eigenvalue weighted by Crippen LogP contribution is 2.60. The van der Waals surface area contributed by atoms with Gasteiger partial charge in [0.25, 0.3) is 5.69 Å². The first-order valence-electron chi connectivity index (χ1n) is 10.1. The number of sulfone groups is 1. The average Bonchev–Trinajstić information content (AvgIpc) is 3.04. The van der Waals surface area contributed by atoms with Crippen molar-refractivity contribution in [3.05, 3.63) is 45.8 Å². The summed E-state index contributed by atoms with van der Waals surface area (Å²) in [4.78, 5) is 10.3. The molecule has 0 amide bonds. The zero-order valence-corrected chi connectivity index (χ0v) is 17.1. The van der Waals surface area contributed by atoms with Crippen LogP contribution in [0.25, 0.3) is 0 Å². The van der Waals surface area contributed by atoms with Crippen LogP contribution in [0.5, 0.6) is 0 Å². The van der Waals surface area contributed by atoms with Gasteiger partial charge in [0.2, 0.25) is 15.0 Å². The molecule has 0 N–H and O–H groups in total. The van der Waals surface area contributed by atoms with Gasteiger partial charge in [-0.3, -0.25) is 10.1 Å². The molecule has 0 aliphatic heterocycles. The van der Waals surface area contributed by atoms with Crippen LogP contribution in [-0.4, -0.2) is 28.1 Å². The molecule has 9 heteroatoms. The number of rotatable bonds is 5. The summed E-state index contributed by atoms with van der Waals surface area (Å²) in [6.45, 7) is 0. The molecule has 0 unspecified atom stereocenters. The summed E-state index contributed by atoms with van der Waals surface area (Å²) >= 11 is 0. The molecule has 4 aliphatic rings. The lowest BCUT2D eigenvalue weighted by molar-refractivity contribution is -0.384. The first-order chi connectivity index (χ1) is 13.8. The fourth-order valence-corrected chi connectivity index (χ4v) is 7.86. The van der Waals surface area contributed by atoms with Crippen LogP contribution in [0, 0.1) is 27.9 Å². The van der Waals surface area contributed by atoms with Crippen molar-refractivity contribution < 1.29 is 13.3 Å². The van der Waals surface area contributed by atoms with E-state index in [9.17, 15) is 18.5 Å². The zero-order chi connectivity index (χ0) is 20.4. The highest BCUT2D eigenvalue weighted by atomic mass is 32.2. The molecule has 1 aromatic carbocycles.